The summed E-state index contributed by atoms with van der Waals surface area (Å²) in [6.07, 6.45) is 4.05. The molecule has 2 heterocycles. The molecule has 2 aliphatic heterocycles. The lowest BCUT2D eigenvalue weighted by molar-refractivity contribution is 0.244. The number of nitrogens with zero attached hydrogens (tertiary/aromatic N) is 2. The number of benzene rings is 1. The average Bonchev–Trinajstić information content (AvgIpc) is 3.26. The fourth-order valence-electron chi connectivity index (χ4n) is 3.55. The topological polar surface area (TPSA) is 18.5 Å². The molecule has 0 bridgehead atoms. The summed E-state index contributed by atoms with van der Waals surface area (Å²) in [5.41, 5.74) is 4.69. The number of piperazine rings is 1. The summed E-state index contributed by atoms with van der Waals surface area (Å²) in [5.74, 6) is 0. The van der Waals surface area contributed by atoms with Crippen molar-refractivity contribution >= 4 is 0 Å². The highest BCUT2D eigenvalue weighted by Crippen LogP contribution is 2.34. The van der Waals surface area contributed by atoms with E-state index in [2.05, 4.69) is 33.3 Å². The molecule has 3 heteroatoms. The molecule has 0 unspecified atom stereocenters. The van der Waals surface area contributed by atoms with E-state index >= 15 is 0 Å². The first-order chi connectivity index (χ1) is 9.88. The highest BCUT2D eigenvalue weighted by molar-refractivity contribution is 5.35. The Balaban J connectivity index is 1.36. The zero-order valence-electron chi connectivity index (χ0n) is 12.3. The normalized spacial score (nSPS) is 24.0. The van der Waals surface area contributed by atoms with E-state index in [4.69, 9.17) is 0 Å². The molecule has 3 aliphatic rings. The Hall–Kier alpha value is -0.900. The highest BCUT2D eigenvalue weighted by atomic mass is 15.2. The van der Waals surface area contributed by atoms with Crippen LogP contribution in [-0.2, 0) is 19.5 Å². The van der Waals surface area contributed by atoms with Gasteiger partial charge in [-0.3, -0.25) is 4.90 Å². The Morgan fingerprint density at radius 1 is 1.05 bits per heavy atom. The number of hydrogen-bond donors (Lipinski definition) is 1. The second kappa shape index (κ2) is 5.47. The molecule has 1 aliphatic carbocycles. The van der Waals surface area contributed by atoms with Crippen molar-refractivity contribution in [3.8, 4) is 0 Å². The maximum Gasteiger partial charge on any atom is 0.0243 e. The number of fused-ring (bicyclic) bond motifs is 1. The molecule has 3 nitrogen and oxygen atoms in total. The van der Waals surface area contributed by atoms with Crippen molar-refractivity contribution in [3.63, 3.8) is 0 Å². The third-order valence-electron chi connectivity index (χ3n) is 5.01. The molecule has 108 valence electrons. The Morgan fingerprint density at radius 3 is 2.65 bits per heavy atom. The highest BCUT2D eigenvalue weighted by Gasteiger charge is 2.32. The summed E-state index contributed by atoms with van der Waals surface area (Å²) >= 11 is 0. The molecule has 0 amide bonds. The zero-order chi connectivity index (χ0) is 13.4. The van der Waals surface area contributed by atoms with Crippen LogP contribution in [0.25, 0.3) is 0 Å². The summed E-state index contributed by atoms with van der Waals surface area (Å²) in [5, 5.41) is 3.42. The molecule has 1 N–H and O–H groups in total. The van der Waals surface area contributed by atoms with Crippen molar-refractivity contribution < 1.29 is 0 Å². The summed E-state index contributed by atoms with van der Waals surface area (Å²) in [6.45, 7) is 8.33. The lowest BCUT2D eigenvalue weighted by Crippen LogP contribution is -2.44. The van der Waals surface area contributed by atoms with Gasteiger partial charge in [0.25, 0.3) is 0 Å². The predicted octanol–water partition coefficient (Wildman–Crippen LogP) is 1.61. The van der Waals surface area contributed by atoms with Gasteiger partial charge in [-0.15, -0.1) is 0 Å². The largest absolute Gasteiger partial charge is 0.314 e. The molecule has 0 spiro atoms. The first-order valence-corrected chi connectivity index (χ1v) is 8.16. The number of nitrogens with one attached hydrogen (secondary N) is 1. The second-order valence-electron chi connectivity index (χ2n) is 6.58. The minimum absolute atomic E-state index is 0.895. The van der Waals surface area contributed by atoms with Crippen LogP contribution < -0.4 is 5.32 Å². The van der Waals surface area contributed by atoms with Gasteiger partial charge in [0.15, 0.2) is 0 Å². The summed E-state index contributed by atoms with van der Waals surface area (Å²) in [4.78, 5) is 5.24. The van der Waals surface area contributed by atoms with E-state index in [1.807, 2.05) is 0 Å². The van der Waals surface area contributed by atoms with Gasteiger partial charge in [0.05, 0.1) is 0 Å². The fraction of sp³-hybridized carbons (Fsp3) is 0.647. The van der Waals surface area contributed by atoms with E-state index in [1.165, 1.54) is 57.5 Å². The van der Waals surface area contributed by atoms with Crippen LogP contribution in [0.4, 0.5) is 0 Å². The quantitative estimate of drug-likeness (QED) is 0.897. The molecule has 4 rings (SSSR count). The molecule has 2 fully saturated rings. The van der Waals surface area contributed by atoms with Crippen molar-refractivity contribution in [1.82, 2.24) is 15.1 Å². The first-order valence-electron chi connectivity index (χ1n) is 8.16. The van der Waals surface area contributed by atoms with Crippen LogP contribution in [0.15, 0.2) is 18.2 Å². The SMILES string of the molecule is c1cc2c(cc1CCN1CCNCC1)CN(C1CC1)C2. The van der Waals surface area contributed by atoms with Gasteiger partial charge in [0, 0.05) is 51.9 Å². The van der Waals surface area contributed by atoms with E-state index < -0.39 is 0 Å². The van der Waals surface area contributed by atoms with Crippen LogP contribution >= 0.6 is 0 Å². The van der Waals surface area contributed by atoms with Gasteiger partial charge < -0.3 is 10.2 Å². The van der Waals surface area contributed by atoms with E-state index in [9.17, 15) is 0 Å². The summed E-state index contributed by atoms with van der Waals surface area (Å²) in [6, 6.07) is 8.11. The minimum Gasteiger partial charge on any atom is -0.314 e. The van der Waals surface area contributed by atoms with Gasteiger partial charge >= 0.3 is 0 Å². The van der Waals surface area contributed by atoms with E-state index in [0.29, 0.717) is 0 Å². The average molecular weight is 271 g/mol. The Kier molecular flexibility index (Phi) is 3.51. The molecule has 0 radical (unpaired) electrons. The molecule has 20 heavy (non-hydrogen) atoms. The van der Waals surface area contributed by atoms with Crippen molar-refractivity contribution in [2.45, 2.75) is 38.4 Å². The third-order valence-corrected chi connectivity index (χ3v) is 5.01. The Bertz CT molecular complexity index is 475. The zero-order valence-corrected chi connectivity index (χ0v) is 12.3. The molecule has 1 saturated carbocycles. The molecular weight excluding hydrogens is 246 g/mol. The van der Waals surface area contributed by atoms with Gasteiger partial charge in [0.2, 0.25) is 0 Å². The molecule has 0 atom stereocenters. The molecule has 1 aromatic rings. The van der Waals surface area contributed by atoms with Crippen LogP contribution in [0.5, 0.6) is 0 Å². The third kappa shape index (κ3) is 2.76. The van der Waals surface area contributed by atoms with Crippen LogP contribution in [0.3, 0.4) is 0 Å². The van der Waals surface area contributed by atoms with Crippen LogP contribution in [-0.4, -0.2) is 48.6 Å². The fourth-order valence-corrected chi connectivity index (χ4v) is 3.55. The van der Waals surface area contributed by atoms with Crippen molar-refractivity contribution in [2.75, 3.05) is 32.7 Å². The molecular formula is C17H25N3. The van der Waals surface area contributed by atoms with Crippen LogP contribution in [0.1, 0.15) is 29.5 Å². The van der Waals surface area contributed by atoms with E-state index in [1.54, 1.807) is 11.1 Å². The van der Waals surface area contributed by atoms with Gasteiger partial charge in [-0.1, -0.05) is 18.2 Å². The monoisotopic (exact) mass is 271 g/mol. The maximum atomic E-state index is 3.42. The van der Waals surface area contributed by atoms with Crippen molar-refractivity contribution in [1.29, 1.82) is 0 Å². The van der Waals surface area contributed by atoms with E-state index in [-0.39, 0.29) is 0 Å². The first kappa shape index (κ1) is 12.8. The number of rotatable bonds is 4. The lowest BCUT2D eigenvalue weighted by atomic mass is 10.0. The van der Waals surface area contributed by atoms with Gasteiger partial charge in [-0.25, -0.2) is 0 Å². The summed E-state index contributed by atoms with van der Waals surface area (Å²) < 4.78 is 0. The van der Waals surface area contributed by atoms with Crippen LogP contribution in [0.2, 0.25) is 0 Å². The standard InChI is InChI=1S/C17H25N3/c1-2-15-12-20(17-3-4-17)13-16(15)11-14(1)5-8-19-9-6-18-7-10-19/h1-2,11,17-18H,3-10,12-13H2. The van der Waals surface area contributed by atoms with Gasteiger partial charge in [-0.2, -0.15) is 0 Å². The smallest absolute Gasteiger partial charge is 0.0243 e. The van der Waals surface area contributed by atoms with Crippen molar-refractivity contribution in [2.24, 2.45) is 0 Å². The minimum atomic E-state index is 0.895. The number of hydrogen-bond acceptors (Lipinski definition) is 3. The van der Waals surface area contributed by atoms with Crippen molar-refractivity contribution in [3.05, 3.63) is 34.9 Å². The van der Waals surface area contributed by atoms with Gasteiger partial charge in [0.1, 0.15) is 0 Å². The Morgan fingerprint density at radius 2 is 1.85 bits per heavy atom. The Labute approximate surface area is 121 Å². The molecule has 1 aromatic carbocycles. The molecule has 0 aromatic heterocycles. The molecule has 1 saturated heterocycles. The summed E-state index contributed by atoms with van der Waals surface area (Å²) in [7, 11) is 0. The van der Waals surface area contributed by atoms with Crippen LogP contribution in [0, 0.1) is 0 Å². The maximum absolute atomic E-state index is 3.42. The predicted molar refractivity (Wildman–Crippen MR) is 81.7 cm³/mol. The lowest BCUT2D eigenvalue weighted by Gasteiger charge is -2.27. The van der Waals surface area contributed by atoms with Gasteiger partial charge in [-0.05, 0) is 36.0 Å². The second-order valence-corrected chi connectivity index (χ2v) is 6.58. The van der Waals surface area contributed by atoms with E-state index in [0.717, 1.165) is 19.1 Å².